The number of nitrogens with two attached hydrogens (primary N) is 3. The average molecular weight is 280 g/mol. The average Bonchev–Trinajstić information content (AvgIpc) is 2.33. The van der Waals surface area contributed by atoms with Crippen molar-refractivity contribution in [3.8, 4) is 0 Å². The van der Waals surface area contributed by atoms with E-state index in [0.29, 0.717) is 6.42 Å². The minimum atomic E-state index is -2.91. The Kier molecular flexibility index (Phi) is 6.89. The molecular weight excluding hydrogens is 252 g/mol. The molecule has 0 rings (SSSR count). The molecule has 0 unspecified atom stereocenters. The summed E-state index contributed by atoms with van der Waals surface area (Å²) in [6, 6.07) is 0. The van der Waals surface area contributed by atoms with Gasteiger partial charge >= 0.3 is 8.97 Å². The van der Waals surface area contributed by atoms with Crippen molar-refractivity contribution in [3.05, 3.63) is 0 Å². The predicted octanol–water partition coefficient (Wildman–Crippen LogP) is -0.570. The molecule has 0 saturated carbocycles. The third-order valence-corrected chi connectivity index (χ3v) is 5.67. The van der Waals surface area contributed by atoms with Gasteiger partial charge in [-0.25, -0.2) is 0 Å². The molecule has 0 atom stereocenters. The zero-order valence-corrected chi connectivity index (χ0v) is 13.1. The Morgan fingerprint density at radius 3 is 1.56 bits per heavy atom. The van der Waals surface area contributed by atoms with Gasteiger partial charge in [-0.1, -0.05) is 13.8 Å². The molecule has 0 amide bonds. The summed E-state index contributed by atoms with van der Waals surface area (Å²) in [5.41, 5.74) is 16.8. The van der Waals surface area contributed by atoms with Crippen LogP contribution in [0.15, 0.2) is 0 Å². The third kappa shape index (κ3) is 4.90. The number of hydrogen-bond acceptors (Lipinski definition) is 7. The molecular formula is C10H28N4O3Si. The van der Waals surface area contributed by atoms with Gasteiger partial charge in [0.25, 0.3) is 0 Å². The maximum atomic E-state index is 5.72. The molecule has 0 spiro atoms. The number of nitrogens with one attached hydrogen (secondary N) is 1. The Balaban J connectivity index is 5.11. The molecule has 0 radical (unpaired) electrons. The highest BCUT2D eigenvalue weighted by molar-refractivity contribution is 6.57. The topological polar surface area (TPSA) is 118 Å². The molecule has 0 saturated heterocycles. The summed E-state index contributed by atoms with van der Waals surface area (Å²) < 4.78 is 16.1. The van der Waals surface area contributed by atoms with Crippen LogP contribution in [-0.4, -0.2) is 41.6 Å². The van der Waals surface area contributed by atoms with Crippen LogP contribution in [0, 0.1) is 0 Å². The lowest BCUT2D eigenvalue weighted by Gasteiger charge is -2.42. The van der Waals surface area contributed by atoms with E-state index in [0.717, 1.165) is 12.8 Å². The molecule has 8 heteroatoms. The first-order valence-electron chi connectivity index (χ1n) is 6.03. The molecule has 7 nitrogen and oxygen atoms in total. The first kappa shape index (κ1) is 17.9. The van der Waals surface area contributed by atoms with Gasteiger partial charge in [-0.2, -0.15) is 0 Å². The predicted molar refractivity (Wildman–Crippen MR) is 73.1 cm³/mol. The Morgan fingerprint density at radius 2 is 1.33 bits per heavy atom. The number of rotatable bonds is 9. The van der Waals surface area contributed by atoms with Crippen LogP contribution in [0.1, 0.15) is 33.1 Å². The minimum Gasteiger partial charge on any atom is -0.364 e. The summed E-state index contributed by atoms with van der Waals surface area (Å²) in [6.45, 7) is 4.06. The van der Waals surface area contributed by atoms with Crippen molar-refractivity contribution in [1.82, 2.24) is 4.98 Å². The second-order valence-electron chi connectivity index (χ2n) is 4.57. The Morgan fingerprint density at radius 1 is 0.944 bits per heavy atom. The fourth-order valence-corrected chi connectivity index (χ4v) is 3.93. The summed E-state index contributed by atoms with van der Waals surface area (Å²) in [5, 5.41) is 0. The standard InChI is InChI=1S/C10H28N4O3Si/c1-6-9(7-2,8-10(11,12)13)14-18(15-3,16-4)17-5/h14H,6-8,11-13H2,1-5H3. The van der Waals surface area contributed by atoms with Gasteiger partial charge in [0.1, 0.15) is 5.79 Å². The Bertz CT molecular complexity index is 232. The fourth-order valence-electron chi connectivity index (χ4n) is 2.03. The van der Waals surface area contributed by atoms with Crippen molar-refractivity contribution < 1.29 is 13.3 Å². The molecule has 18 heavy (non-hydrogen) atoms. The van der Waals surface area contributed by atoms with Crippen molar-refractivity contribution in [3.63, 3.8) is 0 Å². The van der Waals surface area contributed by atoms with Crippen molar-refractivity contribution in [1.29, 1.82) is 0 Å². The quantitative estimate of drug-likeness (QED) is 0.330. The lowest BCUT2D eigenvalue weighted by molar-refractivity contribution is 0.0849. The van der Waals surface area contributed by atoms with E-state index in [4.69, 9.17) is 30.5 Å². The summed E-state index contributed by atoms with van der Waals surface area (Å²) in [6.07, 6.45) is 1.95. The first-order chi connectivity index (χ1) is 8.22. The SMILES string of the molecule is CCC(CC)(CC(N)(N)N)N[Si](OC)(OC)OC. The molecule has 0 aromatic rings. The highest BCUT2D eigenvalue weighted by Gasteiger charge is 2.47. The van der Waals surface area contributed by atoms with Gasteiger partial charge in [0.15, 0.2) is 0 Å². The third-order valence-electron chi connectivity index (χ3n) is 3.22. The zero-order chi connectivity index (χ0) is 14.4. The van der Waals surface area contributed by atoms with Crippen LogP contribution < -0.4 is 22.2 Å². The second kappa shape index (κ2) is 6.92. The lowest BCUT2D eigenvalue weighted by Crippen LogP contribution is -2.70. The summed E-state index contributed by atoms with van der Waals surface area (Å²) in [7, 11) is 1.72. The molecule has 7 N–H and O–H groups in total. The maximum Gasteiger partial charge on any atom is 0.596 e. The van der Waals surface area contributed by atoms with Crippen molar-refractivity contribution in [2.75, 3.05) is 21.3 Å². The van der Waals surface area contributed by atoms with E-state index in [1.165, 1.54) is 0 Å². The van der Waals surface area contributed by atoms with Gasteiger partial charge in [-0.15, -0.1) is 0 Å². The minimum absolute atomic E-state index is 0.382. The highest BCUT2D eigenvalue weighted by Crippen LogP contribution is 2.25. The molecule has 0 aromatic carbocycles. The van der Waals surface area contributed by atoms with Gasteiger partial charge in [0.05, 0.1) is 0 Å². The largest absolute Gasteiger partial charge is 0.596 e. The maximum absolute atomic E-state index is 5.72. The van der Waals surface area contributed by atoms with Crippen LogP contribution >= 0.6 is 0 Å². The van der Waals surface area contributed by atoms with Gasteiger partial charge in [-0.05, 0) is 12.8 Å². The highest BCUT2D eigenvalue weighted by atomic mass is 28.4. The van der Waals surface area contributed by atoms with E-state index in [2.05, 4.69) is 4.98 Å². The van der Waals surface area contributed by atoms with Crippen molar-refractivity contribution in [2.24, 2.45) is 17.2 Å². The molecule has 0 aromatic heterocycles. The van der Waals surface area contributed by atoms with Crippen molar-refractivity contribution >= 4 is 8.97 Å². The van der Waals surface area contributed by atoms with Gasteiger partial charge in [-0.3, -0.25) is 4.98 Å². The van der Waals surface area contributed by atoms with E-state index < -0.39 is 14.8 Å². The summed E-state index contributed by atoms with van der Waals surface area (Å²) in [4.78, 5) is 3.32. The van der Waals surface area contributed by atoms with Crippen molar-refractivity contribution in [2.45, 2.75) is 44.4 Å². The molecule has 110 valence electrons. The summed E-state index contributed by atoms with van der Waals surface area (Å²) >= 11 is 0. The van der Waals surface area contributed by atoms with Gasteiger partial charge in [0, 0.05) is 33.3 Å². The van der Waals surface area contributed by atoms with Crippen LogP contribution in [-0.2, 0) is 13.3 Å². The lowest BCUT2D eigenvalue weighted by atomic mass is 9.87. The second-order valence-corrected chi connectivity index (χ2v) is 7.16. The van der Waals surface area contributed by atoms with E-state index in [-0.39, 0.29) is 5.54 Å². The van der Waals surface area contributed by atoms with E-state index in [9.17, 15) is 0 Å². The zero-order valence-electron chi connectivity index (χ0n) is 12.1. The van der Waals surface area contributed by atoms with E-state index in [1.54, 1.807) is 21.3 Å². The van der Waals surface area contributed by atoms with E-state index in [1.807, 2.05) is 13.8 Å². The molecule has 0 aliphatic rings. The molecule has 0 aliphatic carbocycles. The van der Waals surface area contributed by atoms with Gasteiger partial charge < -0.3 is 30.5 Å². The summed E-state index contributed by atoms with van der Waals surface area (Å²) in [5.74, 6) is -1.26. The van der Waals surface area contributed by atoms with Crippen LogP contribution in [0.5, 0.6) is 0 Å². The number of hydrogen-bond donors (Lipinski definition) is 4. The molecule has 0 fully saturated rings. The Hall–Kier alpha value is -0.0631. The van der Waals surface area contributed by atoms with Gasteiger partial charge in [0.2, 0.25) is 0 Å². The molecule has 0 heterocycles. The monoisotopic (exact) mass is 280 g/mol. The normalized spacial score (nSPS) is 14.0. The fraction of sp³-hybridized carbons (Fsp3) is 1.00. The van der Waals surface area contributed by atoms with Crippen LogP contribution in [0.2, 0.25) is 0 Å². The Labute approximate surface area is 111 Å². The van der Waals surface area contributed by atoms with Crippen LogP contribution in [0.4, 0.5) is 0 Å². The van der Waals surface area contributed by atoms with E-state index >= 15 is 0 Å². The molecule has 0 aliphatic heterocycles. The van der Waals surface area contributed by atoms with Crippen LogP contribution in [0.3, 0.4) is 0 Å². The molecule has 0 bridgehead atoms. The first-order valence-corrected chi connectivity index (χ1v) is 7.76. The smallest absolute Gasteiger partial charge is 0.364 e. The van der Waals surface area contributed by atoms with Crippen LogP contribution in [0.25, 0.3) is 0 Å².